The second-order valence-electron chi connectivity index (χ2n) is 6.55. The zero-order valence-corrected chi connectivity index (χ0v) is 14.7. The van der Waals surface area contributed by atoms with E-state index in [1.165, 1.54) is 12.1 Å². The van der Waals surface area contributed by atoms with Crippen LogP contribution in [0.5, 0.6) is 0 Å². The van der Waals surface area contributed by atoms with E-state index in [0.29, 0.717) is 24.8 Å². The van der Waals surface area contributed by atoms with Crippen molar-refractivity contribution in [2.24, 2.45) is 5.92 Å². The van der Waals surface area contributed by atoms with Gasteiger partial charge in [0.05, 0.1) is 11.0 Å². The minimum absolute atomic E-state index is 0.0284. The molecule has 1 atom stereocenters. The van der Waals surface area contributed by atoms with Crippen LogP contribution in [0.2, 0.25) is 0 Å². The Hall–Kier alpha value is -1.83. The van der Waals surface area contributed by atoms with Crippen LogP contribution in [0, 0.1) is 18.7 Å². The summed E-state index contributed by atoms with van der Waals surface area (Å²) >= 11 is 0. The highest BCUT2D eigenvalue weighted by Crippen LogP contribution is 2.32. The average Bonchev–Trinajstić information content (AvgIpc) is 2.54. The van der Waals surface area contributed by atoms with Crippen molar-refractivity contribution in [2.75, 3.05) is 0 Å². The summed E-state index contributed by atoms with van der Waals surface area (Å²) in [5.41, 5.74) is 1.26. The summed E-state index contributed by atoms with van der Waals surface area (Å²) in [5, 5.41) is 9.59. The van der Waals surface area contributed by atoms with Gasteiger partial charge in [-0.1, -0.05) is 12.1 Å². The predicted molar refractivity (Wildman–Crippen MR) is 91.9 cm³/mol. The van der Waals surface area contributed by atoms with Gasteiger partial charge in [0.2, 0.25) is 10.0 Å². The van der Waals surface area contributed by atoms with Crippen LogP contribution >= 0.6 is 0 Å². The van der Waals surface area contributed by atoms with Crippen molar-refractivity contribution >= 4 is 10.0 Å². The van der Waals surface area contributed by atoms with Crippen LogP contribution in [0.1, 0.15) is 24.1 Å². The molecule has 1 heterocycles. The van der Waals surface area contributed by atoms with Crippen molar-refractivity contribution in [3.63, 3.8) is 0 Å². The number of aliphatic hydroxyl groups excluding tert-OH is 1. The maximum absolute atomic E-state index is 13.5. The van der Waals surface area contributed by atoms with Gasteiger partial charge in [-0.2, -0.15) is 0 Å². The van der Waals surface area contributed by atoms with Crippen molar-refractivity contribution in [3.8, 4) is 0 Å². The lowest BCUT2D eigenvalue weighted by molar-refractivity contribution is 0.0282. The molecule has 0 spiro atoms. The number of nitrogens with zero attached hydrogens (tertiary/aromatic N) is 1. The number of pyridine rings is 1. The molecule has 0 aliphatic heterocycles. The summed E-state index contributed by atoms with van der Waals surface area (Å²) in [7, 11) is -3.87. The molecule has 5 nitrogen and oxygen atoms in total. The van der Waals surface area contributed by atoms with Crippen molar-refractivity contribution in [1.29, 1.82) is 0 Å². The Bertz CT molecular complexity index is 837. The first-order valence-electron chi connectivity index (χ1n) is 8.21. The first kappa shape index (κ1) is 18.0. The van der Waals surface area contributed by atoms with Crippen molar-refractivity contribution in [2.45, 2.75) is 43.2 Å². The van der Waals surface area contributed by atoms with Crippen LogP contribution in [0.15, 0.2) is 47.5 Å². The average molecular weight is 364 g/mol. The number of aromatic nitrogens is 1. The molecule has 25 heavy (non-hydrogen) atoms. The molecule has 1 aromatic carbocycles. The van der Waals surface area contributed by atoms with Crippen LogP contribution in [0.3, 0.4) is 0 Å². The predicted octanol–water partition coefficient (Wildman–Crippen LogP) is 2.19. The summed E-state index contributed by atoms with van der Waals surface area (Å²) in [5.74, 6) is -0.563. The zero-order valence-electron chi connectivity index (χ0n) is 13.9. The number of aliphatic hydroxyl groups is 1. The van der Waals surface area contributed by atoms with Gasteiger partial charge in [-0.25, -0.2) is 17.5 Å². The number of hydrogen-bond donors (Lipinski definition) is 2. The number of hydrogen-bond acceptors (Lipinski definition) is 4. The van der Waals surface area contributed by atoms with Gasteiger partial charge in [0.15, 0.2) is 0 Å². The van der Waals surface area contributed by atoms with Gasteiger partial charge in [0, 0.05) is 24.4 Å². The van der Waals surface area contributed by atoms with Crippen LogP contribution < -0.4 is 4.72 Å². The molecule has 0 unspecified atom stereocenters. The summed E-state index contributed by atoms with van der Waals surface area (Å²) in [6.45, 7) is 1.63. The summed E-state index contributed by atoms with van der Waals surface area (Å²) in [4.78, 5) is 4.20. The molecule has 1 aliphatic carbocycles. The van der Waals surface area contributed by atoms with Crippen molar-refractivity contribution in [1.82, 2.24) is 9.71 Å². The van der Waals surface area contributed by atoms with Gasteiger partial charge < -0.3 is 5.11 Å². The standard InChI is InChI=1S/C18H21FN2O3S/c1-12-5-6-14(19)10-18(12)25(23,24)21-17(13-8-16(22)9-13)11-15-4-2-3-7-20-15/h2-7,10,13,16-17,21-22H,8-9,11H2,1H3/t13?,16?,17-/m1/s1. The van der Waals surface area contributed by atoms with E-state index in [-0.39, 0.29) is 10.8 Å². The smallest absolute Gasteiger partial charge is 0.241 e. The molecule has 1 aromatic heterocycles. The molecule has 1 aliphatic rings. The third-order valence-corrected chi connectivity index (χ3v) is 6.25. The second kappa shape index (κ2) is 7.19. The summed E-state index contributed by atoms with van der Waals surface area (Å²) in [6, 6.07) is 8.80. The Balaban J connectivity index is 1.85. The molecule has 7 heteroatoms. The second-order valence-corrected chi connectivity index (χ2v) is 8.23. The SMILES string of the molecule is Cc1ccc(F)cc1S(=O)(=O)N[C@H](Cc1ccccn1)C1CC(O)C1. The normalized spacial score (nSPS) is 21.6. The number of rotatable bonds is 6. The van der Waals surface area contributed by atoms with Crippen LogP contribution in [-0.4, -0.2) is 30.7 Å². The van der Waals surface area contributed by atoms with E-state index in [0.717, 1.165) is 11.8 Å². The molecule has 0 saturated heterocycles. The number of halogens is 1. The van der Waals surface area contributed by atoms with Gasteiger partial charge in [0.1, 0.15) is 5.82 Å². The van der Waals surface area contributed by atoms with Crippen LogP contribution in [-0.2, 0) is 16.4 Å². The minimum atomic E-state index is -3.87. The lowest BCUT2D eigenvalue weighted by Gasteiger charge is -2.37. The largest absolute Gasteiger partial charge is 0.393 e. The van der Waals surface area contributed by atoms with E-state index in [1.54, 1.807) is 19.2 Å². The molecule has 3 rings (SSSR count). The van der Waals surface area contributed by atoms with E-state index < -0.39 is 28.0 Å². The summed E-state index contributed by atoms with van der Waals surface area (Å²) in [6.07, 6.45) is 2.78. The van der Waals surface area contributed by atoms with Gasteiger partial charge >= 0.3 is 0 Å². The van der Waals surface area contributed by atoms with Gasteiger partial charge in [-0.15, -0.1) is 0 Å². The fraction of sp³-hybridized carbons (Fsp3) is 0.389. The number of aryl methyl sites for hydroxylation is 1. The van der Waals surface area contributed by atoms with E-state index >= 15 is 0 Å². The molecular weight excluding hydrogens is 343 g/mol. The maximum atomic E-state index is 13.5. The van der Waals surface area contributed by atoms with Gasteiger partial charge in [-0.05, 0) is 55.5 Å². The Morgan fingerprint density at radius 2 is 2.08 bits per heavy atom. The molecule has 0 bridgehead atoms. The highest BCUT2D eigenvalue weighted by molar-refractivity contribution is 7.89. The van der Waals surface area contributed by atoms with Crippen LogP contribution in [0.4, 0.5) is 4.39 Å². The third-order valence-electron chi connectivity index (χ3n) is 4.62. The first-order chi connectivity index (χ1) is 11.8. The van der Waals surface area contributed by atoms with E-state index in [4.69, 9.17) is 0 Å². The maximum Gasteiger partial charge on any atom is 0.241 e. The molecule has 0 radical (unpaired) electrons. The molecule has 2 N–H and O–H groups in total. The fourth-order valence-corrected chi connectivity index (χ4v) is 4.69. The topological polar surface area (TPSA) is 79.3 Å². The van der Waals surface area contributed by atoms with Crippen molar-refractivity contribution < 1.29 is 17.9 Å². The molecule has 0 amide bonds. The minimum Gasteiger partial charge on any atom is -0.393 e. The lowest BCUT2D eigenvalue weighted by Crippen LogP contribution is -2.48. The highest BCUT2D eigenvalue weighted by atomic mass is 32.2. The Morgan fingerprint density at radius 3 is 2.72 bits per heavy atom. The van der Waals surface area contributed by atoms with Gasteiger partial charge in [0.25, 0.3) is 0 Å². The number of benzene rings is 1. The monoisotopic (exact) mass is 364 g/mol. The van der Waals surface area contributed by atoms with E-state index in [1.807, 2.05) is 12.1 Å². The third kappa shape index (κ3) is 4.23. The molecule has 1 saturated carbocycles. The van der Waals surface area contributed by atoms with Crippen molar-refractivity contribution in [3.05, 3.63) is 59.7 Å². The Morgan fingerprint density at radius 1 is 1.32 bits per heavy atom. The molecular formula is C18H21FN2O3S. The van der Waals surface area contributed by atoms with E-state index in [2.05, 4.69) is 9.71 Å². The van der Waals surface area contributed by atoms with Crippen LogP contribution in [0.25, 0.3) is 0 Å². The summed E-state index contributed by atoms with van der Waals surface area (Å²) < 4.78 is 41.8. The first-order valence-corrected chi connectivity index (χ1v) is 9.70. The molecule has 1 fully saturated rings. The quantitative estimate of drug-likeness (QED) is 0.824. The Labute approximate surface area is 147 Å². The zero-order chi connectivity index (χ0) is 18.0. The fourth-order valence-electron chi connectivity index (χ4n) is 3.13. The van der Waals surface area contributed by atoms with E-state index in [9.17, 15) is 17.9 Å². The molecule has 2 aromatic rings. The van der Waals surface area contributed by atoms with Gasteiger partial charge in [-0.3, -0.25) is 4.98 Å². The number of sulfonamides is 1. The Kier molecular flexibility index (Phi) is 5.17. The molecule has 134 valence electrons. The number of nitrogens with one attached hydrogen (secondary N) is 1. The highest BCUT2D eigenvalue weighted by Gasteiger charge is 2.36. The lowest BCUT2D eigenvalue weighted by atomic mass is 9.76.